The molecule has 1 rings (SSSR count). The maximum Gasteiger partial charge on any atom is 0.311 e. The van der Waals surface area contributed by atoms with Gasteiger partial charge in [-0.15, -0.1) is 0 Å². The second-order valence-electron chi connectivity index (χ2n) is 3.81. The molecule has 0 aromatic rings. The molecule has 3 N–H and O–H groups in total. The predicted molar refractivity (Wildman–Crippen MR) is 54.2 cm³/mol. The van der Waals surface area contributed by atoms with Gasteiger partial charge in [-0.2, -0.15) is 0 Å². The van der Waals surface area contributed by atoms with Crippen molar-refractivity contribution in [2.45, 2.75) is 24.9 Å². The summed E-state index contributed by atoms with van der Waals surface area (Å²) in [4.78, 5) is 11.5. The monoisotopic (exact) mass is 217 g/mol. The molecule has 0 aromatic heterocycles. The van der Waals surface area contributed by atoms with Crippen LogP contribution in [0.5, 0.6) is 0 Å². The van der Waals surface area contributed by atoms with Crippen molar-refractivity contribution in [2.75, 3.05) is 26.9 Å². The van der Waals surface area contributed by atoms with Crippen molar-refractivity contribution in [3.05, 3.63) is 0 Å². The standard InChI is InChI=1S/C10H19NO4/c1-14-9(13)8-3-2-4-10(8,7-11)15-6-5-12/h8,12H,2-7,11H2,1H3. The Morgan fingerprint density at radius 1 is 1.67 bits per heavy atom. The van der Waals surface area contributed by atoms with Crippen molar-refractivity contribution in [1.29, 1.82) is 0 Å². The van der Waals surface area contributed by atoms with Crippen molar-refractivity contribution in [1.82, 2.24) is 0 Å². The van der Waals surface area contributed by atoms with E-state index < -0.39 is 5.60 Å². The van der Waals surface area contributed by atoms with Crippen molar-refractivity contribution >= 4 is 5.97 Å². The van der Waals surface area contributed by atoms with Crippen molar-refractivity contribution in [3.8, 4) is 0 Å². The van der Waals surface area contributed by atoms with E-state index in [0.717, 1.165) is 19.3 Å². The Kier molecular flexibility index (Phi) is 4.50. The molecule has 5 heteroatoms. The van der Waals surface area contributed by atoms with Gasteiger partial charge in [-0.1, -0.05) is 0 Å². The van der Waals surface area contributed by atoms with Crippen LogP contribution in [0.1, 0.15) is 19.3 Å². The molecule has 1 saturated carbocycles. The Labute approximate surface area is 89.5 Å². The molecule has 0 spiro atoms. The van der Waals surface area contributed by atoms with E-state index in [1.807, 2.05) is 0 Å². The van der Waals surface area contributed by atoms with Gasteiger partial charge in [0.05, 0.1) is 31.8 Å². The summed E-state index contributed by atoms with van der Waals surface area (Å²) in [5.74, 6) is -0.560. The molecule has 0 aliphatic heterocycles. The molecule has 1 fully saturated rings. The lowest BCUT2D eigenvalue weighted by molar-refractivity contribution is -0.158. The quantitative estimate of drug-likeness (QED) is 0.616. The summed E-state index contributed by atoms with van der Waals surface area (Å²) in [5, 5.41) is 8.74. The van der Waals surface area contributed by atoms with Gasteiger partial charge >= 0.3 is 5.97 Å². The molecule has 5 nitrogen and oxygen atoms in total. The number of aliphatic hydroxyl groups excluding tert-OH is 1. The molecule has 1 aliphatic rings. The summed E-state index contributed by atoms with van der Waals surface area (Å²) >= 11 is 0. The molecule has 2 unspecified atom stereocenters. The lowest BCUT2D eigenvalue weighted by Gasteiger charge is -2.32. The van der Waals surface area contributed by atoms with Crippen LogP contribution >= 0.6 is 0 Å². The molecule has 15 heavy (non-hydrogen) atoms. The minimum atomic E-state index is -0.629. The Hall–Kier alpha value is -0.650. The molecule has 0 radical (unpaired) electrons. The van der Waals surface area contributed by atoms with Gasteiger partial charge in [0.1, 0.15) is 0 Å². The molecule has 0 aromatic carbocycles. The minimum absolute atomic E-state index is 0.0599. The molecule has 0 amide bonds. The highest BCUT2D eigenvalue weighted by atomic mass is 16.5. The van der Waals surface area contributed by atoms with E-state index in [-0.39, 0.29) is 31.6 Å². The molecule has 2 atom stereocenters. The van der Waals surface area contributed by atoms with E-state index in [1.54, 1.807) is 0 Å². The van der Waals surface area contributed by atoms with E-state index in [2.05, 4.69) is 0 Å². The van der Waals surface area contributed by atoms with Gasteiger partial charge in [0.2, 0.25) is 0 Å². The molecule has 0 bridgehead atoms. The fraction of sp³-hybridized carbons (Fsp3) is 0.900. The first kappa shape index (κ1) is 12.4. The van der Waals surface area contributed by atoms with Crippen LogP contribution < -0.4 is 5.73 Å². The number of esters is 1. The number of hydrogen-bond acceptors (Lipinski definition) is 5. The average molecular weight is 217 g/mol. The Bertz CT molecular complexity index is 221. The maximum atomic E-state index is 11.5. The van der Waals surface area contributed by atoms with E-state index >= 15 is 0 Å². The second kappa shape index (κ2) is 5.44. The van der Waals surface area contributed by atoms with E-state index in [1.165, 1.54) is 7.11 Å². The smallest absolute Gasteiger partial charge is 0.311 e. The average Bonchev–Trinajstić information content (AvgIpc) is 2.69. The van der Waals surface area contributed by atoms with Gasteiger partial charge < -0.3 is 20.3 Å². The van der Waals surface area contributed by atoms with Gasteiger partial charge in [-0.3, -0.25) is 4.79 Å². The largest absolute Gasteiger partial charge is 0.469 e. The van der Waals surface area contributed by atoms with Crippen LogP contribution in [-0.4, -0.2) is 43.5 Å². The third kappa shape index (κ3) is 2.48. The van der Waals surface area contributed by atoms with Gasteiger partial charge in [-0.05, 0) is 19.3 Å². The molecule has 88 valence electrons. The predicted octanol–water partition coefficient (Wildman–Crippen LogP) is -0.334. The number of carbonyl (C=O) groups excluding carboxylic acids is 1. The highest BCUT2D eigenvalue weighted by Crippen LogP contribution is 2.38. The number of ether oxygens (including phenoxy) is 2. The number of aliphatic hydroxyl groups is 1. The van der Waals surface area contributed by atoms with Crippen molar-refractivity contribution in [2.24, 2.45) is 11.7 Å². The third-order valence-electron chi connectivity index (χ3n) is 3.04. The zero-order valence-corrected chi connectivity index (χ0v) is 9.07. The van der Waals surface area contributed by atoms with Gasteiger partial charge in [0.25, 0.3) is 0 Å². The summed E-state index contributed by atoms with van der Waals surface area (Å²) in [6.07, 6.45) is 2.40. The van der Waals surface area contributed by atoms with Crippen molar-refractivity contribution < 1.29 is 19.4 Å². The zero-order chi connectivity index (χ0) is 11.3. The Morgan fingerprint density at radius 3 is 2.93 bits per heavy atom. The highest BCUT2D eigenvalue weighted by molar-refractivity contribution is 5.74. The number of hydrogen-bond donors (Lipinski definition) is 2. The van der Waals surface area contributed by atoms with Crippen LogP contribution in [0.2, 0.25) is 0 Å². The first-order valence-electron chi connectivity index (χ1n) is 5.23. The van der Waals surface area contributed by atoms with Gasteiger partial charge in [0, 0.05) is 6.54 Å². The summed E-state index contributed by atoms with van der Waals surface area (Å²) in [7, 11) is 1.37. The fourth-order valence-electron chi connectivity index (χ4n) is 2.24. The highest BCUT2D eigenvalue weighted by Gasteiger charge is 2.47. The minimum Gasteiger partial charge on any atom is -0.469 e. The number of methoxy groups -OCH3 is 1. The SMILES string of the molecule is COC(=O)C1CCCC1(CN)OCCO. The molecular weight excluding hydrogens is 198 g/mol. The van der Waals surface area contributed by atoms with E-state index in [4.69, 9.17) is 20.3 Å². The van der Waals surface area contributed by atoms with Crippen LogP contribution in [-0.2, 0) is 14.3 Å². The molecule has 0 saturated heterocycles. The number of nitrogens with two attached hydrogens (primary N) is 1. The summed E-state index contributed by atoms with van der Waals surface area (Å²) in [5.41, 5.74) is 5.05. The third-order valence-corrected chi connectivity index (χ3v) is 3.04. The maximum absolute atomic E-state index is 11.5. The lowest BCUT2D eigenvalue weighted by Crippen LogP contribution is -2.48. The fourth-order valence-corrected chi connectivity index (χ4v) is 2.24. The molecule has 0 heterocycles. The van der Waals surface area contributed by atoms with Gasteiger partial charge in [-0.25, -0.2) is 0 Å². The number of carbonyl (C=O) groups is 1. The topological polar surface area (TPSA) is 81.8 Å². The van der Waals surface area contributed by atoms with Crippen LogP contribution in [0.15, 0.2) is 0 Å². The first-order chi connectivity index (χ1) is 7.20. The number of rotatable bonds is 5. The second-order valence-corrected chi connectivity index (χ2v) is 3.81. The summed E-state index contributed by atoms with van der Waals surface area (Å²) < 4.78 is 10.3. The van der Waals surface area contributed by atoms with Crippen molar-refractivity contribution in [3.63, 3.8) is 0 Å². The Morgan fingerprint density at radius 2 is 2.40 bits per heavy atom. The zero-order valence-electron chi connectivity index (χ0n) is 9.07. The normalized spacial score (nSPS) is 30.5. The first-order valence-corrected chi connectivity index (χ1v) is 5.23. The lowest BCUT2D eigenvalue weighted by atomic mass is 9.90. The van der Waals surface area contributed by atoms with Crippen LogP contribution in [0.25, 0.3) is 0 Å². The van der Waals surface area contributed by atoms with E-state index in [0.29, 0.717) is 0 Å². The summed E-state index contributed by atoms with van der Waals surface area (Å²) in [6.45, 7) is 0.438. The van der Waals surface area contributed by atoms with Gasteiger partial charge in [0.15, 0.2) is 0 Å². The molecular formula is C10H19NO4. The van der Waals surface area contributed by atoms with Crippen LogP contribution in [0, 0.1) is 5.92 Å². The summed E-state index contributed by atoms with van der Waals surface area (Å²) in [6, 6.07) is 0. The molecule has 1 aliphatic carbocycles. The van der Waals surface area contributed by atoms with Crippen LogP contribution in [0.3, 0.4) is 0 Å². The van der Waals surface area contributed by atoms with Crippen LogP contribution in [0.4, 0.5) is 0 Å². The van der Waals surface area contributed by atoms with E-state index in [9.17, 15) is 4.79 Å². The Balaban J connectivity index is 2.71.